The van der Waals surface area contributed by atoms with Crippen LogP contribution in [0.4, 0.5) is 11.4 Å². The van der Waals surface area contributed by atoms with Gasteiger partial charge in [0.1, 0.15) is 23.8 Å². The number of carboxylic acids is 1. The molecule has 2 N–H and O–H groups in total. The van der Waals surface area contributed by atoms with Crippen LogP contribution >= 0.6 is 0 Å². The van der Waals surface area contributed by atoms with Crippen LogP contribution in [0.3, 0.4) is 0 Å². The van der Waals surface area contributed by atoms with Gasteiger partial charge in [-0.2, -0.15) is 5.10 Å². The van der Waals surface area contributed by atoms with E-state index in [0.29, 0.717) is 11.5 Å². The highest BCUT2D eigenvalue weighted by molar-refractivity contribution is 6.04. The van der Waals surface area contributed by atoms with Gasteiger partial charge in [-0.1, -0.05) is 0 Å². The Hall–Kier alpha value is -4.41. The maximum absolute atomic E-state index is 12.4. The van der Waals surface area contributed by atoms with E-state index >= 15 is 0 Å². The molecule has 1 heterocycles. The number of ether oxygens (including phenoxy) is 2. The molecule has 0 aliphatic heterocycles. The Balaban J connectivity index is 1.81. The first kappa shape index (κ1) is 20.3. The Morgan fingerprint density at radius 2 is 1.87 bits per heavy atom. The third-order valence-corrected chi connectivity index (χ3v) is 3.85. The number of non-ortho nitro benzene ring substituents is 1. The first-order valence-corrected chi connectivity index (χ1v) is 8.51. The van der Waals surface area contributed by atoms with Crippen molar-refractivity contribution in [2.75, 3.05) is 12.4 Å². The number of carbonyl (C=O) groups excluding carboxylic acids is 1. The van der Waals surface area contributed by atoms with E-state index in [4.69, 9.17) is 14.6 Å². The van der Waals surface area contributed by atoms with Crippen molar-refractivity contribution in [2.45, 2.75) is 6.54 Å². The maximum atomic E-state index is 12.4. The predicted molar refractivity (Wildman–Crippen MR) is 104 cm³/mol. The topological polar surface area (TPSA) is 146 Å². The number of rotatable bonds is 8. The highest BCUT2D eigenvalue weighted by atomic mass is 16.6. The van der Waals surface area contributed by atoms with Crippen molar-refractivity contribution in [3.63, 3.8) is 0 Å². The van der Waals surface area contributed by atoms with Crippen LogP contribution in [-0.2, 0) is 11.3 Å². The van der Waals surface area contributed by atoms with Gasteiger partial charge in [-0.15, -0.1) is 0 Å². The molecule has 1 aromatic heterocycles. The number of hydrogen-bond acceptors (Lipinski definition) is 7. The smallest absolute Gasteiger partial charge is 0.325 e. The quantitative estimate of drug-likeness (QED) is 0.424. The van der Waals surface area contributed by atoms with Crippen molar-refractivity contribution < 1.29 is 29.1 Å². The molecule has 0 saturated heterocycles. The largest absolute Gasteiger partial charge is 0.497 e. The molecule has 0 aliphatic carbocycles. The average molecular weight is 412 g/mol. The number of nitrogens with zero attached hydrogens (tertiary/aromatic N) is 3. The van der Waals surface area contributed by atoms with E-state index in [-0.39, 0.29) is 22.7 Å². The molecule has 0 atom stereocenters. The van der Waals surface area contributed by atoms with E-state index in [2.05, 4.69) is 10.4 Å². The fraction of sp³-hybridized carbons (Fsp3) is 0.105. The van der Waals surface area contributed by atoms with Crippen molar-refractivity contribution in [1.29, 1.82) is 0 Å². The van der Waals surface area contributed by atoms with Gasteiger partial charge in [-0.3, -0.25) is 24.4 Å². The lowest BCUT2D eigenvalue weighted by Crippen LogP contribution is -2.12. The van der Waals surface area contributed by atoms with Crippen LogP contribution < -0.4 is 14.8 Å². The fourth-order valence-electron chi connectivity index (χ4n) is 2.51. The number of nitrogens with one attached hydrogen (secondary N) is 1. The van der Waals surface area contributed by atoms with Crippen molar-refractivity contribution in [3.05, 3.63) is 70.5 Å². The summed E-state index contributed by atoms with van der Waals surface area (Å²) in [4.78, 5) is 33.8. The van der Waals surface area contributed by atoms with Crippen molar-refractivity contribution in [1.82, 2.24) is 9.78 Å². The van der Waals surface area contributed by atoms with E-state index in [1.54, 1.807) is 24.3 Å². The summed E-state index contributed by atoms with van der Waals surface area (Å²) in [5.41, 5.74) is -0.0537. The second kappa shape index (κ2) is 8.73. The molecule has 0 aliphatic rings. The summed E-state index contributed by atoms with van der Waals surface area (Å²) in [7, 11) is 1.52. The van der Waals surface area contributed by atoms with Crippen LogP contribution in [0.5, 0.6) is 17.2 Å². The number of methoxy groups -OCH3 is 1. The minimum absolute atomic E-state index is 0.0976. The Labute approximate surface area is 169 Å². The lowest BCUT2D eigenvalue weighted by molar-refractivity contribution is -0.384. The number of hydrogen-bond donors (Lipinski definition) is 2. The lowest BCUT2D eigenvalue weighted by atomic mass is 10.2. The van der Waals surface area contributed by atoms with E-state index in [1.165, 1.54) is 37.7 Å². The molecule has 3 rings (SSSR count). The highest BCUT2D eigenvalue weighted by Crippen LogP contribution is 2.30. The molecule has 11 nitrogen and oxygen atoms in total. The first-order chi connectivity index (χ1) is 14.3. The zero-order chi connectivity index (χ0) is 21.7. The second-order valence-corrected chi connectivity index (χ2v) is 6.02. The van der Waals surface area contributed by atoms with Crippen molar-refractivity contribution in [3.8, 4) is 17.2 Å². The lowest BCUT2D eigenvalue weighted by Gasteiger charge is -2.09. The zero-order valence-corrected chi connectivity index (χ0v) is 15.6. The van der Waals surface area contributed by atoms with Gasteiger partial charge in [0.15, 0.2) is 0 Å². The van der Waals surface area contributed by atoms with E-state index in [0.717, 1.165) is 4.68 Å². The minimum Gasteiger partial charge on any atom is -0.497 e. The predicted octanol–water partition coefficient (Wildman–Crippen LogP) is 2.93. The van der Waals surface area contributed by atoms with Crippen LogP contribution in [0.15, 0.2) is 54.9 Å². The normalized spacial score (nSPS) is 10.3. The van der Waals surface area contributed by atoms with Crippen molar-refractivity contribution in [2.24, 2.45) is 0 Å². The summed E-state index contributed by atoms with van der Waals surface area (Å²) >= 11 is 0. The number of amides is 1. The Morgan fingerprint density at radius 3 is 2.50 bits per heavy atom. The number of carboxylic acid groups (broad SMARTS) is 1. The number of aromatic nitrogens is 2. The summed E-state index contributed by atoms with van der Waals surface area (Å²) in [6, 6.07) is 10.4. The number of nitro groups is 1. The molecule has 0 saturated carbocycles. The molecule has 0 spiro atoms. The van der Waals surface area contributed by atoms with Crippen LogP contribution in [0.1, 0.15) is 10.4 Å². The second-order valence-electron chi connectivity index (χ2n) is 6.02. The third kappa shape index (κ3) is 5.10. The van der Waals surface area contributed by atoms with Gasteiger partial charge in [-0.05, 0) is 24.3 Å². The Bertz CT molecular complexity index is 1090. The van der Waals surface area contributed by atoms with Crippen molar-refractivity contribution >= 4 is 23.3 Å². The third-order valence-electron chi connectivity index (χ3n) is 3.85. The molecule has 154 valence electrons. The van der Waals surface area contributed by atoms with Gasteiger partial charge < -0.3 is 19.9 Å². The standard InChI is InChI=1S/C19H16N4O7/c1-29-15-2-4-16(5-3-15)30-17-7-13(6-14(8-17)23(27)28)21-19(26)12-9-20-22(10-12)11-18(24)25/h2-10H,11H2,1H3,(H,21,26)(H,24,25). The average Bonchev–Trinajstić information content (AvgIpc) is 3.16. The summed E-state index contributed by atoms with van der Waals surface area (Å²) < 4.78 is 11.8. The molecule has 3 aromatic rings. The van der Waals surface area contributed by atoms with Crippen LogP contribution in [-0.4, -0.2) is 38.8 Å². The van der Waals surface area contributed by atoms with Crippen LogP contribution in [0.2, 0.25) is 0 Å². The monoisotopic (exact) mass is 412 g/mol. The number of carbonyl (C=O) groups is 2. The van der Waals surface area contributed by atoms with Gasteiger partial charge in [0, 0.05) is 18.3 Å². The van der Waals surface area contributed by atoms with Gasteiger partial charge >= 0.3 is 5.97 Å². The summed E-state index contributed by atoms with van der Waals surface area (Å²) in [6.07, 6.45) is 2.46. The molecule has 1 amide bonds. The molecule has 0 radical (unpaired) electrons. The SMILES string of the molecule is COc1ccc(Oc2cc(NC(=O)c3cnn(CC(=O)O)c3)cc([N+](=O)[O-])c2)cc1. The molecule has 2 aromatic carbocycles. The zero-order valence-electron chi connectivity index (χ0n) is 15.6. The first-order valence-electron chi connectivity index (χ1n) is 8.51. The van der Waals surface area contributed by atoms with Gasteiger partial charge in [0.25, 0.3) is 11.6 Å². The summed E-state index contributed by atoms with van der Waals surface area (Å²) in [5, 5.41) is 26.3. The molecule has 0 unspecified atom stereocenters. The Morgan fingerprint density at radius 1 is 1.17 bits per heavy atom. The van der Waals surface area contributed by atoms with E-state index in [9.17, 15) is 19.7 Å². The van der Waals surface area contributed by atoms with Gasteiger partial charge in [0.05, 0.1) is 35.5 Å². The molecule has 11 heteroatoms. The number of nitro benzene ring substituents is 1. The molecular weight excluding hydrogens is 396 g/mol. The van der Waals surface area contributed by atoms with Crippen LogP contribution in [0.25, 0.3) is 0 Å². The van der Waals surface area contributed by atoms with Gasteiger partial charge in [-0.25, -0.2) is 0 Å². The molecule has 30 heavy (non-hydrogen) atoms. The number of benzene rings is 2. The van der Waals surface area contributed by atoms with E-state index < -0.39 is 23.3 Å². The van der Waals surface area contributed by atoms with E-state index in [1.807, 2.05) is 0 Å². The Kier molecular flexibility index (Phi) is 5.92. The highest BCUT2D eigenvalue weighted by Gasteiger charge is 2.15. The van der Waals surface area contributed by atoms with Crippen LogP contribution in [0, 0.1) is 10.1 Å². The molecule has 0 bridgehead atoms. The van der Waals surface area contributed by atoms with Gasteiger partial charge in [0.2, 0.25) is 0 Å². The number of aliphatic carboxylic acids is 1. The minimum atomic E-state index is -1.11. The fourth-order valence-corrected chi connectivity index (χ4v) is 2.51. The summed E-state index contributed by atoms with van der Waals surface area (Å²) in [5.74, 6) is -0.529. The summed E-state index contributed by atoms with van der Waals surface area (Å²) in [6.45, 7) is -0.399. The maximum Gasteiger partial charge on any atom is 0.325 e. The molecular formula is C19H16N4O7. The number of anilines is 1. The molecule has 0 fully saturated rings.